The van der Waals surface area contributed by atoms with Gasteiger partial charge in [-0.05, 0) is 32.0 Å². The summed E-state index contributed by atoms with van der Waals surface area (Å²) >= 11 is 0. The number of para-hydroxylation sites is 1. The fourth-order valence-corrected chi connectivity index (χ4v) is 2.42. The van der Waals surface area contributed by atoms with Crippen LogP contribution in [-0.4, -0.2) is 14.8 Å². The fraction of sp³-hybridized carbons (Fsp3) is 0.250. The number of aryl methyl sites for hydroxylation is 2. The van der Waals surface area contributed by atoms with E-state index in [0.29, 0.717) is 0 Å². The van der Waals surface area contributed by atoms with Crippen LogP contribution in [0, 0.1) is 13.8 Å². The summed E-state index contributed by atoms with van der Waals surface area (Å²) in [7, 11) is 1.97. The van der Waals surface area contributed by atoms with Crippen LogP contribution in [0.5, 0.6) is 0 Å². The molecule has 0 radical (unpaired) electrons. The number of hydrogen-bond acceptors (Lipinski definition) is 3. The highest BCUT2D eigenvalue weighted by molar-refractivity contribution is 5.80. The van der Waals surface area contributed by atoms with E-state index in [1.165, 1.54) is 11.3 Å². The summed E-state index contributed by atoms with van der Waals surface area (Å²) < 4.78 is 1.92. The SMILES string of the molecule is Cc1nn(C)c(C)c1CNc1ccc2ccccc2n1. The highest BCUT2D eigenvalue weighted by atomic mass is 15.3. The molecule has 20 heavy (non-hydrogen) atoms. The van der Waals surface area contributed by atoms with E-state index < -0.39 is 0 Å². The Morgan fingerprint density at radius 3 is 2.65 bits per heavy atom. The third kappa shape index (κ3) is 2.25. The van der Waals surface area contributed by atoms with Gasteiger partial charge in [0.2, 0.25) is 0 Å². The maximum absolute atomic E-state index is 4.62. The number of benzene rings is 1. The van der Waals surface area contributed by atoms with E-state index in [9.17, 15) is 0 Å². The molecule has 1 N–H and O–H groups in total. The summed E-state index contributed by atoms with van der Waals surface area (Å²) in [6, 6.07) is 12.2. The maximum atomic E-state index is 4.62. The molecule has 102 valence electrons. The van der Waals surface area contributed by atoms with Gasteiger partial charge >= 0.3 is 0 Å². The molecule has 0 fully saturated rings. The number of aromatic nitrogens is 3. The van der Waals surface area contributed by atoms with E-state index in [1.54, 1.807) is 0 Å². The van der Waals surface area contributed by atoms with Crippen molar-refractivity contribution in [2.45, 2.75) is 20.4 Å². The van der Waals surface area contributed by atoms with Gasteiger partial charge in [0.15, 0.2) is 0 Å². The van der Waals surface area contributed by atoms with Gasteiger partial charge in [0.05, 0.1) is 11.2 Å². The molecule has 2 aromatic heterocycles. The predicted molar refractivity (Wildman–Crippen MR) is 81.8 cm³/mol. The Balaban J connectivity index is 1.83. The van der Waals surface area contributed by atoms with Crippen molar-refractivity contribution in [2.24, 2.45) is 7.05 Å². The van der Waals surface area contributed by atoms with Crippen molar-refractivity contribution in [3.63, 3.8) is 0 Å². The largest absolute Gasteiger partial charge is 0.366 e. The van der Waals surface area contributed by atoms with Crippen molar-refractivity contribution in [2.75, 3.05) is 5.32 Å². The van der Waals surface area contributed by atoms with Gasteiger partial charge in [0.25, 0.3) is 0 Å². The first-order valence-corrected chi connectivity index (χ1v) is 6.74. The summed E-state index contributed by atoms with van der Waals surface area (Å²) in [5.41, 5.74) is 4.51. The molecule has 2 heterocycles. The van der Waals surface area contributed by atoms with Crippen LogP contribution in [0.2, 0.25) is 0 Å². The van der Waals surface area contributed by atoms with Crippen LogP contribution in [0.15, 0.2) is 36.4 Å². The van der Waals surface area contributed by atoms with E-state index in [-0.39, 0.29) is 0 Å². The standard InChI is InChI=1S/C16H18N4/c1-11-14(12(2)20(3)19-11)10-17-16-9-8-13-6-4-5-7-15(13)18-16/h4-9H,10H2,1-3H3,(H,17,18). The Bertz CT molecular complexity index is 758. The first-order chi connectivity index (χ1) is 9.65. The first kappa shape index (κ1) is 12.7. The quantitative estimate of drug-likeness (QED) is 0.791. The molecular formula is C16H18N4. The second-order valence-corrected chi connectivity index (χ2v) is 5.02. The molecule has 0 bridgehead atoms. The highest BCUT2D eigenvalue weighted by Gasteiger charge is 2.09. The molecule has 4 heteroatoms. The summed E-state index contributed by atoms with van der Waals surface area (Å²) in [4.78, 5) is 4.62. The second kappa shape index (κ2) is 4.96. The molecule has 0 aliphatic heterocycles. The lowest BCUT2D eigenvalue weighted by molar-refractivity contribution is 0.730. The number of rotatable bonds is 3. The number of fused-ring (bicyclic) bond motifs is 1. The maximum Gasteiger partial charge on any atom is 0.126 e. The first-order valence-electron chi connectivity index (χ1n) is 6.74. The Hall–Kier alpha value is -2.36. The highest BCUT2D eigenvalue weighted by Crippen LogP contribution is 2.17. The molecule has 0 amide bonds. The molecule has 0 saturated carbocycles. The summed E-state index contributed by atoms with van der Waals surface area (Å²) in [6.07, 6.45) is 0. The van der Waals surface area contributed by atoms with Crippen molar-refractivity contribution in [3.8, 4) is 0 Å². The van der Waals surface area contributed by atoms with E-state index >= 15 is 0 Å². The fourth-order valence-electron chi connectivity index (χ4n) is 2.42. The average Bonchev–Trinajstić information content (AvgIpc) is 2.70. The van der Waals surface area contributed by atoms with Crippen molar-refractivity contribution >= 4 is 16.7 Å². The third-order valence-corrected chi connectivity index (χ3v) is 3.70. The number of pyridine rings is 1. The number of anilines is 1. The van der Waals surface area contributed by atoms with Gasteiger partial charge in [-0.3, -0.25) is 4.68 Å². The van der Waals surface area contributed by atoms with Crippen molar-refractivity contribution in [1.29, 1.82) is 0 Å². The minimum absolute atomic E-state index is 0.747. The topological polar surface area (TPSA) is 42.7 Å². The molecule has 0 saturated heterocycles. The molecule has 0 unspecified atom stereocenters. The smallest absolute Gasteiger partial charge is 0.126 e. The molecule has 1 aromatic carbocycles. The van der Waals surface area contributed by atoms with Gasteiger partial charge in [0, 0.05) is 30.2 Å². The zero-order valence-electron chi connectivity index (χ0n) is 12.0. The predicted octanol–water partition coefficient (Wildman–Crippen LogP) is 3.20. The third-order valence-electron chi connectivity index (χ3n) is 3.70. The Morgan fingerprint density at radius 1 is 1.10 bits per heavy atom. The van der Waals surface area contributed by atoms with Gasteiger partial charge in [-0.15, -0.1) is 0 Å². The van der Waals surface area contributed by atoms with Gasteiger partial charge < -0.3 is 5.32 Å². The van der Waals surface area contributed by atoms with Crippen molar-refractivity contribution < 1.29 is 0 Å². The van der Waals surface area contributed by atoms with Crippen LogP contribution in [0.1, 0.15) is 17.0 Å². The van der Waals surface area contributed by atoms with Crippen molar-refractivity contribution in [1.82, 2.24) is 14.8 Å². The van der Waals surface area contributed by atoms with Gasteiger partial charge in [-0.2, -0.15) is 5.10 Å². The van der Waals surface area contributed by atoms with E-state index in [0.717, 1.165) is 29.0 Å². The van der Waals surface area contributed by atoms with Crippen LogP contribution in [0.3, 0.4) is 0 Å². The Kier molecular flexibility index (Phi) is 3.14. The molecule has 0 spiro atoms. The lowest BCUT2D eigenvalue weighted by atomic mass is 10.2. The monoisotopic (exact) mass is 266 g/mol. The molecule has 3 rings (SSSR count). The van der Waals surface area contributed by atoms with Crippen LogP contribution in [-0.2, 0) is 13.6 Å². The van der Waals surface area contributed by atoms with Crippen LogP contribution < -0.4 is 5.32 Å². The minimum atomic E-state index is 0.747. The number of nitrogens with one attached hydrogen (secondary N) is 1. The van der Waals surface area contributed by atoms with Crippen LogP contribution in [0.4, 0.5) is 5.82 Å². The number of nitrogens with zero attached hydrogens (tertiary/aromatic N) is 3. The normalized spacial score (nSPS) is 10.9. The average molecular weight is 266 g/mol. The van der Waals surface area contributed by atoms with Crippen LogP contribution in [0.25, 0.3) is 10.9 Å². The van der Waals surface area contributed by atoms with E-state index in [4.69, 9.17) is 0 Å². The molecular weight excluding hydrogens is 248 g/mol. The lowest BCUT2D eigenvalue weighted by Crippen LogP contribution is -2.03. The second-order valence-electron chi connectivity index (χ2n) is 5.02. The Morgan fingerprint density at radius 2 is 1.90 bits per heavy atom. The molecule has 3 aromatic rings. The zero-order chi connectivity index (χ0) is 14.1. The summed E-state index contributed by atoms with van der Waals surface area (Å²) in [5.74, 6) is 0.895. The van der Waals surface area contributed by atoms with Crippen LogP contribution >= 0.6 is 0 Å². The zero-order valence-corrected chi connectivity index (χ0v) is 12.0. The molecule has 0 atom stereocenters. The molecule has 0 aliphatic carbocycles. The summed E-state index contributed by atoms with van der Waals surface area (Å²) in [5, 5.41) is 8.97. The minimum Gasteiger partial charge on any atom is -0.366 e. The van der Waals surface area contributed by atoms with Gasteiger partial charge in [0.1, 0.15) is 5.82 Å². The van der Waals surface area contributed by atoms with E-state index in [2.05, 4.69) is 34.5 Å². The molecule has 0 aliphatic rings. The summed E-state index contributed by atoms with van der Waals surface area (Å²) in [6.45, 7) is 4.87. The molecule has 4 nitrogen and oxygen atoms in total. The van der Waals surface area contributed by atoms with Gasteiger partial charge in [-0.1, -0.05) is 18.2 Å². The lowest BCUT2D eigenvalue weighted by Gasteiger charge is -2.07. The number of hydrogen-bond donors (Lipinski definition) is 1. The van der Waals surface area contributed by atoms with E-state index in [1.807, 2.05) is 42.9 Å². The van der Waals surface area contributed by atoms with Crippen molar-refractivity contribution in [3.05, 3.63) is 53.3 Å². The van der Waals surface area contributed by atoms with Gasteiger partial charge in [-0.25, -0.2) is 4.98 Å². The Labute approximate surface area is 118 Å².